The molecule has 0 unspecified atom stereocenters. The van der Waals surface area contributed by atoms with Gasteiger partial charge in [0.2, 0.25) is 0 Å². The lowest BCUT2D eigenvalue weighted by Gasteiger charge is -2.07. The molecule has 136 valence electrons. The first-order valence-corrected chi connectivity index (χ1v) is 9.12. The van der Waals surface area contributed by atoms with Crippen molar-refractivity contribution in [3.8, 4) is 5.75 Å². The third kappa shape index (κ3) is 3.89. The molecular weight excluding hydrogens is 383 g/mol. The molecule has 0 aromatic carbocycles. The van der Waals surface area contributed by atoms with E-state index in [2.05, 4.69) is 19.9 Å². The first-order valence-electron chi connectivity index (χ1n) is 8.37. The van der Waals surface area contributed by atoms with E-state index in [1.54, 1.807) is 25.6 Å². The van der Waals surface area contributed by atoms with Crippen LogP contribution in [0.1, 0.15) is 22.4 Å². The summed E-state index contributed by atoms with van der Waals surface area (Å²) in [6.07, 6.45) is 6.69. The summed E-state index contributed by atoms with van der Waals surface area (Å²) in [6.45, 7) is 0. The quantitative estimate of drug-likeness (QED) is 0.488. The van der Waals surface area contributed by atoms with Gasteiger partial charge >= 0.3 is 0 Å². The molecule has 0 saturated carbocycles. The largest absolute Gasteiger partial charge is 0.495 e. The fourth-order valence-electron chi connectivity index (χ4n) is 2.95. The van der Waals surface area contributed by atoms with Crippen LogP contribution in [-0.4, -0.2) is 27.0 Å². The number of methoxy groups -OCH3 is 1. The van der Waals surface area contributed by atoms with Crippen molar-refractivity contribution >= 4 is 34.2 Å². The summed E-state index contributed by atoms with van der Waals surface area (Å²) >= 11 is 12.3. The molecule has 0 fully saturated rings. The molecular formula is C20H16Cl2N4O. The molecule has 0 saturated heterocycles. The number of fused-ring (bicyclic) bond motifs is 1. The van der Waals surface area contributed by atoms with E-state index >= 15 is 0 Å². The van der Waals surface area contributed by atoms with E-state index in [1.165, 1.54) is 0 Å². The molecule has 4 heterocycles. The molecule has 5 nitrogen and oxygen atoms in total. The van der Waals surface area contributed by atoms with Crippen LogP contribution in [0.25, 0.3) is 11.0 Å². The van der Waals surface area contributed by atoms with Gasteiger partial charge < -0.3 is 9.72 Å². The minimum atomic E-state index is 0.477. The van der Waals surface area contributed by atoms with Gasteiger partial charge in [0.1, 0.15) is 21.7 Å². The van der Waals surface area contributed by atoms with E-state index in [1.807, 2.05) is 30.5 Å². The minimum absolute atomic E-state index is 0.477. The smallest absolute Gasteiger partial charge is 0.137 e. The van der Waals surface area contributed by atoms with Gasteiger partial charge in [-0.25, -0.2) is 15.0 Å². The molecule has 0 radical (unpaired) electrons. The van der Waals surface area contributed by atoms with Crippen molar-refractivity contribution in [1.82, 2.24) is 19.9 Å². The number of hydrogen-bond donors (Lipinski definition) is 1. The molecule has 4 aromatic heterocycles. The van der Waals surface area contributed by atoms with Gasteiger partial charge in [-0.05, 0) is 34.9 Å². The lowest BCUT2D eigenvalue weighted by atomic mass is 10.1. The van der Waals surface area contributed by atoms with Gasteiger partial charge in [0.05, 0.1) is 13.3 Å². The van der Waals surface area contributed by atoms with Crippen LogP contribution in [0.4, 0.5) is 0 Å². The number of aromatic amines is 1. The molecule has 0 spiro atoms. The lowest BCUT2D eigenvalue weighted by Crippen LogP contribution is -1.97. The van der Waals surface area contributed by atoms with Crippen molar-refractivity contribution in [2.45, 2.75) is 12.8 Å². The van der Waals surface area contributed by atoms with Gasteiger partial charge in [-0.1, -0.05) is 35.3 Å². The van der Waals surface area contributed by atoms with E-state index in [9.17, 15) is 0 Å². The maximum atomic E-state index is 6.45. The number of nitrogens with one attached hydrogen (secondary N) is 1. The highest BCUT2D eigenvalue weighted by molar-refractivity contribution is 6.30. The zero-order chi connectivity index (χ0) is 18.8. The highest BCUT2D eigenvalue weighted by Crippen LogP contribution is 2.26. The molecule has 0 aliphatic rings. The molecule has 0 amide bonds. The second kappa shape index (κ2) is 7.55. The van der Waals surface area contributed by atoms with E-state index in [-0.39, 0.29) is 0 Å². The van der Waals surface area contributed by atoms with Crippen molar-refractivity contribution in [3.05, 3.63) is 81.6 Å². The van der Waals surface area contributed by atoms with Crippen LogP contribution < -0.4 is 4.74 Å². The van der Waals surface area contributed by atoms with Crippen LogP contribution in [-0.2, 0) is 12.8 Å². The standard InChI is InChI=1S/C20H16Cl2N4O/c1-27-16-8-17-14(10-24-20(17)25-11-16)7-13-3-4-15(26-19(13)22)6-12-2-5-18(21)23-9-12/h2-5,8-11H,6-7H2,1H3,(H,24,25). The summed E-state index contributed by atoms with van der Waals surface area (Å²) in [5.74, 6) is 0.722. The number of pyridine rings is 3. The Morgan fingerprint density at radius 3 is 2.63 bits per heavy atom. The Kier molecular flexibility index (Phi) is 4.97. The van der Waals surface area contributed by atoms with Gasteiger partial charge in [-0.15, -0.1) is 0 Å². The molecule has 0 atom stereocenters. The summed E-state index contributed by atoms with van der Waals surface area (Å²) in [6, 6.07) is 9.68. The van der Waals surface area contributed by atoms with E-state index in [4.69, 9.17) is 27.9 Å². The molecule has 7 heteroatoms. The van der Waals surface area contributed by atoms with Gasteiger partial charge in [-0.2, -0.15) is 0 Å². The second-order valence-corrected chi connectivity index (χ2v) is 6.93. The third-order valence-corrected chi connectivity index (χ3v) is 4.92. The van der Waals surface area contributed by atoms with E-state index < -0.39 is 0 Å². The fourth-order valence-corrected chi connectivity index (χ4v) is 3.30. The fraction of sp³-hybridized carbons (Fsp3) is 0.150. The number of aromatic nitrogens is 4. The van der Waals surface area contributed by atoms with Crippen molar-refractivity contribution in [2.24, 2.45) is 0 Å². The van der Waals surface area contributed by atoms with Gasteiger partial charge in [0.15, 0.2) is 0 Å². The first kappa shape index (κ1) is 17.8. The SMILES string of the molecule is COc1cnc2[nH]cc(Cc3ccc(Cc4ccc(Cl)nc4)nc3Cl)c2c1. The van der Waals surface area contributed by atoms with Crippen LogP contribution in [0.2, 0.25) is 10.3 Å². The number of nitrogens with zero attached hydrogens (tertiary/aromatic N) is 3. The van der Waals surface area contributed by atoms with Gasteiger partial charge in [0, 0.05) is 36.3 Å². The van der Waals surface area contributed by atoms with Crippen LogP contribution in [0.15, 0.2) is 48.9 Å². The highest BCUT2D eigenvalue weighted by Gasteiger charge is 2.11. The molecule has 0 aliphatic heterocycles. The van der Waals surface area contributed by atoms with Crippen molar-refractivity contribution in [3.63, 3.8) is 0 Å². The van der Waals surface area contributed by atoms with Crippen molar-refractivity contribution < 1.29 is 4.74 Å². The average Bonchev–Trinajstić information content (AvgIpc) is 3.08. The Labute approximate surface area is 166 Å². The number of rotatable bonds is 5. The Morgan fingerprint density at radius 2 is 1.89 bits per heavy atom. The summed E-state index contributed by atoms with van der Waals surface area (Å²) in [7, 11) is 1.63. The van der Waals surface area contributed by atoms with Crippen LogP contribution in [0.5, 0.6) is 5.75 Å². The summed E-state index contributed by atoms with van der Waals surface area (Å²) in [5, 5.41) is 1.99. The molecule has 0 aliphatic carbocycles. The first-order chi connectivity index (χ1) is 13.1. The highest BCUT2D eigenvalue weighted by atomic mass is 35.5. The van der Waals surface area contributed by atoms with Gasteiger partial charge in [-0.3, -0.25) is 0 Å². The van der Waals surface area contributed by atoms with Crippen molar-refractivity contribution in [1.29, 1.82) is 0 Å². The third-order valence-electron chi connectivity index (χ3n) is 4.37. The number of ether oxygens (including phenoxy) is 1. The number of halogens is 2. The van der Waals surface area contributed by atoms with Crippen LogP contribution >= 0.6 is 23.2 Å². The van der Waals surface area contributed by atoms with Crippen LogP contribution in [0.3, 0.4) is 0 Å². The molecule has 4 aromatic rings. The zero-order valence-corrected chi connectivity index (χ0v) is 16.1. The summed E-state index contributed by atoms with van der Waals surface area (Å²) in [5.41, 5.74) is 4.79. The number of H-pyrrole nitrogens is 1. The second-order valence-electron chi connectivity index (χ2n) is 6.18. The van der Waals surface area contributed by atoms with E-state index in [0.717, 1.165) is 39.2 Å². The predicted octanol–water partition coefficient (Wildman–Crippen LogP) is 4.85. The maximum Gasteiger partial charge on any atom is 0.137 e. The molecule has 1 N–H and O–H groups in total. The normalized spacial score (nSPS) is 11.1. The van der Waals surface area contributed by atoms with E-state index in [0.29, 0.717) is 23.1 Å². The van der Waals surface area contributed by atoms with Crippen LogP contribution in [0, 0.1) is 0 Å². The maximum absolute atomic E-state index is 6.45. The predicted molar refractivity (Wildman–Crippen MR) is 107 cm³/mol. The summed E-state index contributed by atoms with van der Waals surface area (Å²) in [4.78, 5) is 16.2. The Bertz CT molecular complexity index is 1090. The van der Waals surface area contributed by atoms with Crippen molar-refractivity contribution in [2.75, 3.05) is 7.11 Å². The number of hydrogen-bond acceptors (Lipinski definition) is 4. The Morgan fingerprint density at radius 1 is 1.00 bits per heavy atom. The topological polar surface area (TPSA) is 63.7 Å². The Balaban J connectivity index is 1.57. The average molecular weight is 399 g/mol. The minimum Gasteiger partial charge on any atom is -0.495 e. The monoisotopic (exact) mass is 398 g/mol. The zero-order valence-electron chi connectivity index (χ0n) is 14.5. The molecule has 0 bridgehead atoms. The van der Waals surface area contributed by atoms with Gasteiger partial charge in [0.25, 0.3) is 0 Å². The Hall–Kier alpha value is -2.63. The molecule has 4 rings (SSSR count). The molecule has 27 heavy (non-hydrogen) atoms. The lowest BCUT2D eigenvalue weighted by molar-refractivity contribution is 0.413. The summed E-state index contributed by atoms with van der Waals surface area (Å²) < 4.78 is 5.27.